The number of methoxy groups -OCH3 is 1. The van der Waals surface area contributed by atoms with Crippen LogP contribution in [0.5, 0.6) is 5.75 Å². The van der Waals surface area contributed by atoms with Gasteiger partial charge in [-0.25, -0.2) is 0 Å². The lowest BCUT2D eigenvalue weighted by Gasteiger charge is -2.38. The molecule has 4 rings (SSSR count). The first-order chi connectivity index (χ1) is 13.5. The Morgan fingerprint density at radius 1 is 1.25 bits per heavy atom. The first-order valence-electron chi connectivity index (χ1n) is 9.90. The predicted molar refractivity (Wildman–Crippen MR) is 113 cm³/mol. The van der Waals surface area contributed by atoms with Gasteiger partial charge < -0.3 is 19.5 Å². The summed E-state index contributed by atoms with van der Waals surface area (Å²) in [7, 11) is 1.69. The number of aromatic nitrogens is 1. The highest BCUT2D eigenvalue weighted by Crippen LogP contribution is 2.22. The molecule has 1 aliphatic rings. The molecule has 2 atom stereocenters. The van der Waals surface area contributed by atoms with Crippen molar-refractivity contribution in [2.45, 2.75) is 19.9 Å². The molecule has 1 fully saturated rings. The minimum atomic E-state index is 0.219. The highest BCUT2D eigenvalue weighted by atomic mass is 16.5. The number of nitrogens with one attached hydrogen (secondary N) is 2. The Morgan fingerprint density at radius 3 is 2.75 bits per heavy atom. The van der Waals surface area contributed by atoms with Gasteiger partial charge in [0.05, 0.1) is 32.8 Å². The Bertz CT molecular complexity index is 977. The van der Waals surface area contributed by atoms with Crippen LogP contribution in [-0.2, 0) is 0 Å². The van der Waals surface area contributed by atoms with E-state index in [-0.39, 0.29) is 5.78 Å². The molecule has 3 aromatic rings. The van der Waals surface area contributed by atoms with Crippen LogP contribution in [-0.4, -0.2) is 50.1 Å². The van der Waals surface area contributed by atoms with Gasteiger partial charge in [0.2, 0.25) is 5.78 Å². The van der Waals surface area contributed by atoms with Crippen molar-refractivity contribution in [1.82, 2.24) is 4.98 Å². The molecule has 1 aromatic heterocycles. The maximum Gasteiger partial charge on any atom is 0.219 e. The summed E-state index contributed by atoms with van der Waals surface area (Å²) in [4.78, 5) is 20.0. The number of aryl methyl sites for hydroxylation is 1. The number of ether oxygens (including phenoxy) is 1. The number of carbonyl (C=O) groups is 1. The number of hydrogen-bond acceptors (Lipinski definition) is 3. The van der Waals surface area contributed by atoms with Crippen LogP contribution in [0, 0.1) is 6.92 Å². The summed E-state index contributed by atoms with van der Waals surface area (Å²) in [5, 5.41) is 1.04. The molecule has 2 heterocycles. The maximum atomic E-state index is 13.0. The molecule has 5 heteroatoms. The molecule has 146 valence electrons. The number of Topliss-reactive ketones (excluding diaryl/α,β-unsaturated/α-hetero) is 1. The fourth-order valence-electron chi connectivity index (χ4n) is 4.23. The number of aromatic amines is 1. The molecule has 2 aromatic carbocycles. The third-order valence-electron chi connectivity index (χ3n) is 5.77. The Kier molecular flexibility index (Phi) is 5.09. The van der Waals surface area contributed by atoms with Crippen LogP contribution in [0.1, 0.15) is 22.8 Å². The molecule has 1 aliphatic heterocycles. The Labute approximate surface area is 165 Å². The highest BCUT2D eigenvalue weighted by Gasteiger charge is 2.29. The van der Waals surface area contributed by atoms with Crippen molar-refractivity contribution in [2.75, 3.05) is 38.2 Å². The van der Waals surface area contributed by atoms with E-state index in [1.807, 2.05) is 24.4 Å². The molecule has 1 unspecified atom stereocenters. The first-order valence-corrected chi connectivity index (χ1v) is 9.90. The molecule has 1 saturated heterocycles. The van der Waals surface area contributed by atoms with Crippen LogP contribution in [0.15, 0.2) is 48.7 Å². The van der Waals surface area contributed by atoms with E-state index >= 15 is 0 Å². The van der Waals surface area contributed by atoms with Gasteiger partial charge in [-0.2, -0.15) is 0 Å². The van der Waals surface area contributed by atoms with Crippen LogP contribution in [0.25, 0.3) is 10.9 Å². The van der Waals surface area contributed by atoms with Gasteiger partial charge in [0, 0.05) is 28.4 Å². The van der Waals surface area contributed by atoms with Gasteiger partial charge in [0.15, 0.2) is 0 Å². The zero-order chi connectivity index (χ0) is 19.7. The molecular weight excluding hydrogens is 350 g/mol. The summed E-state index contributed by atoms with van der Waals surface area (Å²) in [6.07, 6.45) is 1.86. The van der Waals surface area contributed by atoms with Crippen molar-refractivity contribution in [1.29, 1.82) is 0 Å². The second-order valence-corrected chi connectivity index (χ2v) is 7.80. The topological polar surface area (TPSA) is 49.8 Å². The SMILES string of the molecule is COc1ccc(N2CC[NH+](CC(=O)c3c[nH]c4ccc(C)cc34)C[C@@H]2C)cc1. The van der Waals surface area contributed by atoms with Crippen LogP contribution in [0.3, 0.4) is 0 Å². The molecule has 0 bridgehead atoms. The van der Waals surface area contributed by atoms with Crippen molar-refractivity contribution < 1.29 is 14.4 Å². The van der Waals surface area contributed by atoms with E-state index < -0.39 is 0 Å². The summed E-state index contributed by atoms with van der Waals surface area (Å²) in [6, 6.07) is 14.8. The molecule has 0 aliphatic carbocycles. The lowest BCUT2D eigenvalue weighted by molar-refractivity contribution is -0.894. The average molecular weight is 378 g/mol. The lowest BCUT2D eigenvalue weighted by Crippen LogP contribution is -3.16. The minimum absolute atomic E-state index is 0.219. The largest absolute Gasteiger partial charge is 0.497 e. The molecule has 5 nitrogen and oxygen atoms in total. The van der Waals surface area contributed by atoms with Crippen LogP contribution < -0.4 is 14.5 Å². The second-order valence-electron chi connectivity index (χ2n) is 7.80. The van der Waals surface area contributed by atoms with E-state index in [4.69, 9.17) is 4.74 Å². The lowest BCUT2D eigenvalue weighted by atomic mass is 10.1. The summed E-state index contributed by atoms with van der Waals surface area (Å²) >= 11 is 0. The Balaban J connectivity index is 1.42. The Morgan fingerprint density at radius 2 is 2.04 bits per heavy atom. The first kappa shape index (κ1) is 18.6. The van der Waals surface area contributed by atoms with Gasteiger partial charge in [0.1, 0.15) is 12.3 Å². The van der Waals surface area contributed by atoms with E-state index in [9.17, 15) is 4.79 Å². The third-order valence-corrected chi connectivity index (χ3v) is 5.77. The zero-order valence-corrected chi connectivity index (χ0v) is 16.8. The number of H-pyrrole nitrogens is 1. The third kappa shape index (κ3) is 3.62. The van der Waals surface area contributed by atoms with Crippen molar-refractivity contribution in [3.63, 3.8) is 0 Å². The monoisotopic (exact) mass is 378 g/mol. The van der Waals surface area contributed by atoms with Gasteiger partial charge in [-0.3, -0.25) is 4.79 Å². The average Bonchev–Trinajstić information content (AvgIpc) is 3.11. The fourth-order valence-corrected chi connectivity index (χ4v) is 4.23. The molecule has 0 saturated carbocycles. The van der Waals surface area contributed by atoms with E-state index in [2.05, 4.69) is 48.0 Å². The van der Waals surface area contributed by atoms with E-state index in [1.165, 1.54) is 16.2 Å². The van der Waals surface area contributed by atoms with Crippen molar-refractivity contribution in [3.8, 4) is 5.75 Å². The van der Waals surface area contributed by atoms with Crippen LogP contribution in [0.2, 0.25) is 0 Å². The fraction of sp³-hybridized carbons (Fsp3) is 0.348. The number of hydrogen-bond donors (Lipinski definition) is 2. The second kappa shape index (κ2) is 7.68. The number of nitrogens with zero attached hydrogens (tertiary/aromatic N) is 1. The molecule has 0 radical (unpaired) electrons. The van der Waals surface area contributed by atoms with Gasteiger partial charge in [-0.1, -0.05) is 11.6 Å². The number of rotatable bonds is 5. The summed E-state index contributed by atoms with van der Waals surface area (Å²) in [6.45, 7) is 7.71. The zero-order valence-electron chi connectivity index (χ0n) is 16.8. The van der Waals surface area contributed by atoms with Gasteiger partial charge >= 0.3 is 0 Å². The number of fused-ring (bicyclic) bond motifs is 1. The van der Waals surface area contributed by atoms with Gasteiger partial charge in [0.25, 0.3) is 0 Å². The van der Waals surface area contributed by atoms with E-state index in [0.29, 0.717) is 12.6 Å². The summed E-state index contributed by atoms with van der Waals surface area (Å²) in [5.74, 6) is 1.09. The summed E-state index contributed by atoms with van der Waals surface area (Å²) < 4.78 is 5.25. The summed E-state index contributed by atoms with van der Waals surface area (Å²) in [5.41, 5.74) is 4.24. The number of anilines is 1. The quantitative estimate of drug-likeness (QED) is 0.671. The smallest absolute Gasteiger partial charge is 0.219 e. The predicted octanol–water partition coefficient (Wildman–Crippen LogP) is 2.46. The number of carbonyl (C=O) groups excluding carboxylic acids is 1. The van der Waals surface area contributed by atoms with Crippen molar-refractivity contribution in [2.24, 2.45) is 0 Å². The minimum Gasteiger partial charge on any atom is -0.497 e. The standard InChI is InChI=1S/C23H27N3O2/c1-16-4-9-22-20(12-16)21(13-24-22)23(27)15-25-10-11-26(17(2)14-25)18-5-7-19(28-3)8-6-18/h4-9,12-13,17,24H,10-11,14-15H2,1-3H3/p+1/t17-/m0/s1. The molecule has 28 heavy (non-hydrogen) atoms. The van der Waals surface area contributed by atoms with Crippen molar-refractivity contribution in [3.05, 3.63) is 59.8 Å². The van der Waals surface area contributed by atoms with E-state index in [0.717, 1.165) is 41.9 Å². The normalized spacial score (nSPS) is 19.8. The number of piperazine rings is 1. The van der Waals surface area contributed by atoms with Crippen LogP contribution >= 0.6 is 0 Å². The molecule has 0 spiro atoms. The molecule has 2 N–H and O–H groups in total. The molecule has 0 amide bonds. The maximum absolute atomic E-state index is 13.0. The number of quaternary nitrogens is 1. The number of ketones is 1. The highest BCUT2D eigenvalue weighted by molar-refractivity contribution is 6.08. The van der Waals surface area contributed by atoms with E-state index in [1.54, 1.807) is 7.11 Å². The Hall–Kier alpha value is -2.79. The van der Waals surface area contributed by atoms with Gasteiger partial charge in [-0.15, -0.1) is 0 Å². The number of benzene rings is 2. The van der Waals surface area contributed by atoms with Crippen molar-refractivity contribution >= 4 is 22.4 Å². The van der Waals surface area contributed by atoms with Gasteiger partial charge in [-0.05, 0) is 50.2 Å². The molecular formula is C23H28N3O2+. The van der Waals surface area contributed by atoms with Crippen LogP contribution in [0.4, 0.5) is 5.69 Å².